The van der Waals surface area contributed by atoms with E-state index in [2.05, 4.69) is 14.9 Å². The van der Waals surface area contributed by atoms with Gasteiger partial charge >= 0.3 is 5.97 Å². The monoisotopic (exact) mass is 591 g/mol. The summed E-state index contributed by atoms with van der Waals surface area (Å²) in [5, 5.41) is 23.2. The number of hydrogen-bond donors (Lipinski definition) is 1. The third-order valence-electron chi connectivity index (χ3n) is 7.00. The van der Waals surface area contributed by atoms with Crippen LogP contribution in [0, 0.1) is 0 Å². The molecule has 0 aliphatic carbocycles. The first-order valence-corrected chi connectivity index (χ1v) is 14.9. The minimum atomic E-state index is -0.475. The number of hydrogen-bond acceptors (Lipinski definition) is 8. The number of aromatic nitrogens is 1. The Labute approximate surface area is 249 Å². The van der Waals surface area contributed by atoms with Crippen molar-refractivity contribution in [2.75, 3.05) is 0 Å². The van der Waals surface area contributed by atoms with Crippen molar-refractivity contribution in [2.45, 2.75) is 20.3 Å². The molecule has 1 N–H and O–H groups in total. The van der Waals surface area contributed by atoms with Crippen LogP contribution in [0.1, 0.15) is 45.1 Å². The number of carbonyl (C=O) groups excluding carboxylic acids is 2. The molecule has 0 saturated heterocycles. The van der Waals surface area contributed by atoms with Gasteiger partial charge in [-0.15, -0.1) is 22.7 Å². The van der Waals surface area contributed by atoms with Gasteiger partial charge in [-0.3, -0.25) is 4.79 Å². The fourth-order valence-corrected chi connectivity index (χ4v) is 6.38. The van der Waals surface area contributed by atoms with E-state index >= 15 is 0 Å². The van der Waals surface area contributed by atoms with E-state index in [0.29, 0.717) is 28.3 Å². The van der Waals surface area contributed by atoms with Crippen LogP contribution in [0.4, 0.5) is 0 Å². The van der Waals surface area contributed by atoms with E-state index in [1.807, 2.05) is 95.7 Å². The van der Waals surface area contributed by atoms with Gasteiger partial charge in [0.1, 0.15) is 0 Å². The summed E-state index contributed by atoms with van der Waals surface area (Å²) in [4.78, 5) is 31.0. The number of carbonyl (C=O) groups is 2. The van der Waals surface area contributed by atoms with Crippen molar-refractivity contribution >= 4 is 67.7 Å². The van der Waals surface area contributed by atoms with Gasteiger partial charge in [-0.2, -0.15) is 0 Å². The van der Waals surface area contributed by atoms with Crippen LogP contribution in [0.2, 0.25) is 0 Å². The molecular formula is C33H25N3O4S2. The van der Waals surface area contributed by atoms with Crippen molar-refractivity contribution in [2.24, 2.45) is 10.3 Å². The van der Waals surface area contributed by atoms with E-state index in [4.69, 9.17) is 4.84 Å². The van der Waals surface area contributed by atoms with Crippen molar-refractivity contribution < 1.29 is 19.6 Å². The molecule has 208 valence electrons. The van der Waals surface area contributed by atoms with Gasteiger partial charge in [-0.25, -0.2) is 4.79 Å². The van der Waals surface area contributed by atoms with Gasteiger partial charge in [0.15, 0.2) is 0 Å². The SMILES string of the molecule is CC(=O)ON=C(C)c1ccc(-n2c3ccc(C(=O)c4cccs4)cc3c3cc(C(Cc4cccs4)=NO)ccc32)cc1. The zero-order chi connectivity index (χ0) is 29.2. The maximum atomic E-state index is 13.3. The number of nitrogens with zero attached hydrogens (tertiary/aromatic N) is 3. The highest BCUT2D eigenvalue weighted by Crippen LogP contribution is 2.34. The third kappa shape index (κ3) is 5.27. The van der Waals surface area contributed by atoms with Crippen LogP contribution in [-0.2, 0) is 16.1 Å². The van der Waals surface area contributed by atoms with E-state index in [1.165, 1.54) is 18.3 Å². The quantitative estimate of drug-likeness (QED) is 0.0641. The zero-order valence-corrected chi connectivity index (χ0v) is 24.4. The minimum Gasteiger partial charge on any atom is -0.411 e. The summed E-state index contributed by atoms with van der Waals surface area (Å²) in [6.45, 7) is 3.09. The van der Waals surface area contributed by atoms with Crippen LogP contribution >= 0.6 is 22.7 Å². The predicted octanol–water partition coefficient (Wildman–Crippen LogP) is 7.85. The number of ketones is 1. The lowest BCUT2D eigenvalue weighted by molar-refractivity contribution is -0.140. The summed E-state index contributed by atoms with van der Waals surface area (Å²) in [6, 6.07) is 27.3. The molecule has 6 aromatic rings. The molecule has 0 saturated carbocycles. The Morgan fingerprint density at radius 3 is 2.07 bits per heavy atom. The Bertz CT molecular complexity index is 1990. The van der Waals surface area contributed by atoms with E-state index in [-0.39, 0.29) is 5.78 Å². The van der Waals surface area contributed by atoms with Gasteiger partial charge in [-0.1, -0.05) is 40.6 Å². The van der Waals surface area contributed by atoms with Crippen LogP contribution < -0.4 is 0 Å². The number of rotatable bonds is 8. The van der Waals surface area contributed by atoms with Crippen molar-refractivity contribution in [1.82, 2.24) is 4.57 Å². The van der Waals surface area contributed by atoms with Gasteiger partial charge in [0.25, 0.3) is 0 Å². The van der Waals surface area contributed by atoms with Gasteiger partial charge in [0.2, 0.25) is 5.78 Å². The Balaban J connectivity index is 1.50. The molecule has 6 rings (SSSR count). The first-order chi connectivity index (χ1) is 20.4. The molecule has 0 aliphatic heterocycles. The molecule has 0 bridgehead atoms. The van der Waals surface area contributed by atoms with Crippen LogP contribution in [0.15, 0.2) is 106 Å². The largest absolute Gasteiger partial charge is 0.411 e. The number of fused-ring (bicyclic) bond motifs is 3. The summed E-state index contributed by atoms with van der Waals surface area (Å²) in [6.07, 6.45) is 0.510. The zero-order valence-electron chi connectivity index (χ0n) is 22.8. The van der Waals surface area contributed by atoms with E-state index < -0.39 is 5.97 Å². The summed E-state index contributed by atoms with van der Waals surface area (Å²) < 4.78 is 2.14. The molecule has 3 aromatic carbocycles. The highest BCUT2D eigenvalue weighted by Gasteiger charge is 2.18. The van der Waals surface area contributed by atoms with Gasteiger partial charge < -0.3 is 14.6 Å². The standard InChI is InChI=1S/C33H25N3O4S2/c1-20(35-40-21(2)37)22-7-11-25(12-8-22)36-30-13-9-23(29(34-39)19-26-5-3-15-41-26)17-27(30)28-18-24(10-14-31(28)36)33(38)32-6-4-16-42-32/h3-18,39H,19H2,1-2H3. The molecule has 0 radical (unpaired) electrons. The van der Waals surface area contributed by atoms with Crippen LogP contribution in [0.25, 0.3) is 27.5 Å². The van der Waals surface area contributed by atoms with Crippen molar-refractivity contribution in [3.05, 3.63) is 122 Å². The average molecular weight is 592 g/mol. The topological polar surface area (TPSA) is 93.2 Å². The molecule has 7 nitrogen and oxygen atoms in total. The van der Waals surface area contributed by atoms with Crippen molar-refractivity contribution in [3.63, 3.8) is 0 Å². The van der Waals surface area contributed by atoms with Crippen molar-refractivity contribution in [1.29, 1.82) is 0 Å². The van der Waals surface area contributed by atoms with E-state index in [1.54, 1.807) is 18.3 Å². The lowest BCUT2D eigenvalue weighted by atomic mass is 10.0. The Kier molecular flexibility index (Phi) is 7.52. The molecule has 9 heteroatoms. The highest BCUT2D eigenvalue weighted by molar-refractivity contribution is 7.12. The first kappa shape index (κ1) is 27.3. The molecule has 42 heavy (non-hydrogen) atoms. The van der Waals surface area contributed by atoms with Crippen LogP contribution in [-0.4, -0.2) is 33.0 Å². The summed E-state index contributed by atoms with van der Waals surface area (Å²) in [5.41, 5.74) is 6.18. The Morgan fingerprint density at radius 1 is 0.810 bits per heavy atom. The fourth-order valence-electron chi connectivity index (χ4n) is 4.98. The summed E-state index contributed by atoms with van der Waals surface area (Å²) in [7, 11) is 0. The molecular weight excluding hydrogens is 567 g/mol. The number of benzene rings is 3. The normalized spacial score (nSPS) is 12.2. The van der Waals surface area contributed by atoms with E-state index in [0.717, 1.165) is 43.5 Å². The maximum absolute atomic E-state index is 13.3. The fraction of sp³-hybridized carbons (Fsp3) is 0.0909. The average Bonchev–Trinajstić information content (AvgIpc) is 3.79. The Hall–Kier alpha value is -4.86. The lowest BCUT2D eigenvalue weighted by Gasteiger charge is -2.10. The van der Waals surface area contributed by atoms with E-state index in [9.17, 15) is 14.8 Å². The molecule has 0 atom stereocenters. The van der Waals surface area contributed by atoms with Gasteiger partial charge in [0.05, 0.1) is 27.3 Å². The maximum Gasteiger partial charge on any atom is 0.331 e. The molecule has 0 amide bonds. The smallest absolute Gasteiger partial charge is 0.331 e. The lowest BCUT2D eigenvalue weighted by Crippen LogP contribution is -2.04. The second kappa shape index (κ2) is 11.6. The molecule has 3 heterocycles. The van der Waals surface area contributed by atoms with Crippen LogP contribution in [0.3, 0.4) is 0 Å². The molecule has 0 spiro atoms. The summed E-state index contributed by atoms with van der Waals surface area (Å²) in [5.74, 6) is -0.497. The predicted molar refractivity (Wildman–Crippen MR) is 169 cm³/mol. The second-order valence-corrected chi connectivity index (χ2v) is 11.7. The second-order valence-electron chi connectivity index (χ2n) is 9.71. The van der Waals surface area contributed by atoms with Gasteiger partial charge in [-0.05, 0) is 77.8 Å². The Morgan fingerprint density at radius 2 is 1.45 bits per heavy atom. The highest BCUT2D eigenvalue weighted by atomic mass is 32.1. The van der Waals surface area contributed by atoms with Crippen molar-refractivity contribution in [3.8, 4) is 5.69 Å². The third-order valence-corrected chi connectivity index (χ3v) is 8.75. The van der Waals surface area contributed by atoms with Crippen LogP contribution in [0.5, 0.6) is 0 Å². The van der Waals surface area contributed by atoms with Gasteiger partial charge in [0, 0.05) is 45.8 Å². The molecule has 0 unspecified atom stereocenters. The first-order valence-electron chi connectivity index (χ1n) is 13.2. The number of thiophene rings is 2. The molecule has 0 aliphatic rings. The number of oxime groups is 2. The minimum absolute atomic E-state index is 0.0221. The summed E-state index contributed by atoms with van der Waals surface area (Å²) >= 11 is 3.04. The molecule has 3 aromatic heterocycles. The molecule has 0 fully saturated rings.